The Morgan fingerprint density at radius 2 is 1.86 bits per heavy atom. The highest BCUT2D eigenvalue weighted by atomic mass is 35.5. The maximum Gasteiger partial charge on any atom is 0.416 e. The van der Waals surface area contributed by atoms with Gasteiger partial charge in [-0.05, 0) is 31.2 Å². The number of carboxylic acids is 1. The first kappa shape index (κ1) is 22.0. The molecule has 154 valence electrons. The standard InChI is InChI=1S/C17H11ClF3NO7/c1-8(15(23)24)28-16(25)11-7-10(3-4-13(11)22(26)27)29-14-5-2-9(6-12(14)18)17(19,20)21/h2-8H,1H3,(H,23,24)/t8-/m1/s1. The lowest BCUT2D eigenvalue weighted by molar-refractivity contribution is -0.385. The highest BCUT2D eigenvalue weighted by Crippen LogP contribution is 2.37. The molecule has 0 aliphatic heterocycles. The zero-order valence-corrected chi connectivity index (χ0v) is 15.2. The molecule has 0 radical (unpaired) electrons. The normalized spacial score (nSPS) is 12.2. The van der Waals surface area contributed by atoms with Crippen LogP contribution in [-0.2, 0) is 15.7 Å². The Morgan fingerprint density at radius 1 is 1.21 bits per heavy atom. The molecule has 2 aromatic rings. The number of nitro benzene ring substituents is 1. The number of ether oxygens (including phenoxy) is 2. The predicted octanol–water partition coefficient (Wildman–Crippen LogP) is 4.69. The highest BCUT2D eigenvalue weighted by molar-refractivity contribution is 6.32. The van der Waals surface area contributed by atoms with E-state index in [2.05, 4.69) is 4.74 Å². The molecule has 0 amide bonds. The largest absolute Gasteiger partial charge is 0.479 e. The molecule has 0 unspecified atom stereocenters. The summed E-state index contributed by atoms with van der Waals surface area (Å²) in [6.07, 6.45) is -6.19. The first-order valence-electron chi connectivity index (χ1n) is 7.67. The molecule has 2 aromatic carbocycles. The van der Waals surface area contributed by atoms with Crippen molar-refractivity contribution in [2.24, 2.45) is 0 Å². The van der Waals surface area contributed by atoms with E-state index in [1.165, 1.54) is 0 Å². The predicted molar refractivity (Wildman–Crippen MR) is 92.1 cm³/mol. The summed E-state index contributed by atoms with van der Waals surface area (Å²) in [7, 11) is 0. The molecular weight excluding hydrogens is 423 g/mol. The lowest BCUT2D eigenvalue weighted by atomic mass is 10.1. The number of halogens is 4. The lowest BCUT2D eigenvalue weighted by Crippen LogP contribution is -2.24. The van der Waals surface area contributed by atoms with E-state index >= 15 is 0 Å². The molecule has 0 saturated carbocycles. The molecule has 2 rings (SSSR count). The van der Waals surface area contributed by atoms with Crippen LogP contribution in [-0.4, -0.2) is 28.1 Å². The number of alkyl halides is 3. The average molecular weight is 434 g/mol. The zero-order chi connectivity index (χ0) is 21.9. The molecule has 29 heavy (non-hydrogen) atoms. The van der Waals surface area contributed by atoms with Crippen molar-refractivity contribution in [2.45, 2.75) is 19.2 Å². The summed E-state index contributed by atoms with van der Waals surface area (Å²) in [5.41, 5.74) is -2.30. The van der Waals surface area contributed by atoms with Gasteiger partial charge in [-0.2, -0.15) is 13.2 Å². The third-order valence-corrected chi connectivity index (χ3v) is 3.80. The van der Waals surface area contributed by atoms with Crippen molar-refractivity contribution in [1.29, 1.82) is 0 Å². The molecule has 0 aliphatic carbocycles. The third-order valence-electron chi connectivity index (χ3n) is 3.50. The SMILES string of the molecule is C[C@@H](OC(=O)c1cc(Oc2ccc(C(F)(F)F)cc2Cl)ccc1[N+](=O)[O-])C(=O)O. The Balaban J connectivity index is 2.37. The quantitative estimate of drug-likeness (QED) is 0.399. The number of hydrogen-bond acceptors (Lipinski definition) is 6. The van der Waals surface area contributed by atoms with Crippen molar-refractivity contribution in [1.82, 2.24) is 0 Å². The Bertz CT molecular complexity index is 978. The van der Waals surface area contributed by atoms with E-state index in [9.17, 15) is 32.9 Å². The fraction of sp³-hybridized carbons (Fsp3) is 0.176. The molecule has 0 saturated heterocycles. The molecule has 0 heterocycles. The number of nitro groups is 1. The van der Waals surface area contributed by atoms with Gasteiger partial charge >= 0.3 is 18.1 Å². The van der Waals surface area contributed by atoms with Gasteiger partial charge in [-0.15, -0.1) is 0 Å². The van der Waals surface area contributed by atoms with Crippen molar-refractivity contribution >= 4 is 29.2 Å². The molecule has 0 spiro atoms. The molecule has 8 nitrogen and oxygen atoms in total. The second-order valence-corrected chi connectivity index (χ2v) is 5.97. The molecule has 0 aliphatic rings. The van der Waals surface area contributed by atoms with Gasteiger partial charge in [0, 0.05) is 12.1 Å². The topological polar surface area (TPSA) is 116 Å². The third kappa shape index (κ3) is 5.35. The fourth-order valence-corrected chi connectivity index (χ4v) is 2.28. The van der Waals surface area contributed by atoms with E-state index in [-0.39, 0.29) is 16.5 Å². The number of carbonyl (C=O) groups is 2. The van der Waals surface area contributed by atoms with Crippen LogP contribution in [0.15, 0.2) is 36.4 Å². The van der Waals surface area contributed by atoms with Crippen molar-refractivity contribution in [3.63, 3.8) is 0 Å². The highest BCUT2D eigenvalue weighted by Gasteiger charge is 2.31. The monoisotopic (exact) mass is 433 g/mol. The zero-order valence-electron chi connectivity index (χ0n) is 14.4. The average Bonchev–Trinajstić information content (AvgIpc) is 2.62. The molecule has 1 N–H and O–H groups in total. The summed E-state index contributed by atoms with van der Waals surface area (Å²) in [6, 6.07) is 5.17. The molecule has 0 fully saturated rings. The summed E-state index contributed by atoms with van der Waals surface area (Å²) in [6.45, 7) is 1.05. The van der Waals surface area contributed by atoms with Crippen molar-refractivity contribution in [3.05, 3.63) is 62.7 Å². The van der Waals surface area contributed by atoms with Crippen LogP contribution in [0.1, 0.15) is 22.8 Å². The molecule has 0 aromatic heterocycles. The van der Waals surface area contributed by atoms with Crippen LogP contribution < -0.4 is 4.74 Å². The second kappa shape index (κ2) is 8.35. The number of carboxylic acid groups (broad SMARTS) is 1. The van der Waals surface area contributed by atoms with Gasteiger partial charge in [-0.25, -0.2) is 9.59 Å². The maximum absolute atomic E-state index is 12.7. The number of aliphatic carboxylic acids is 1. The van der Waals surface area contributed by atoms with Crippen LogP contribution in [0.5, 0.6) is 11.5 Å². The minimum absolute atomic E-state index is 0.174. The summed E-state index contributed by atoms with van der Waals surface area (Å²) >= 11 is 5.78. The fourth-order valence-electron chi connectivity index (χ4n) is 2.06. The van der Waals surface area contributed by atoms with Gasteiger partial charge in [-0.3, -0.25) is 10.1 Å². The van der Waals surface area contributed by atoms with E-state index in [1.807, 2.05) is 0 Å². The first-order valence-corrected chi connectivity index (χ1v) is 8.04. The smallest absolute Gasteiger partial charge is 0.416 e. The number of hydrogen-bond donors (Lipinski definition) is 1. The first-order chi connectivity index (χ1) is 13.4. The summed E-state index contributed by atoms with van der Waals surface area (Å²) in [5, 5.41) is 19.5. The number of carbonyl (C=O) groups excluding carboxylic acids is 1. The van der Waals surface area contributed by atoms with Crippen molar-refractivity contribution in [3.8, 4) is 11.5 Å². The van der Waals surface area contributed by atoms with E-state index in [1.54, 1.807) is 0 Å². The Labute approximate surface area is 165 Å². The minimum atomic E-state index is -4.62. The van der Waals surface area contributed by atoms with Crippen LogP contribution in [0.2, 0.25) is 5.02 Å². The van der Waals surface area contributed by atoms with Gasteiger partial charge in [0.05, 0.1) is 15.5 Å². The van der Waals surface area contributed by atoms with Crippen LogP contribution in [0.4, 0.5) is 18.9 Å². The second-order valence-electron chi connectivity index (χ2n) is 5.57. The van der Waals surface area contributed by atoms with Gasteiger partial charge in [0.1, 0.15) is 17.1 Å². The lowest BCUT2D eigenvalue weighted by Gasteiger charge is -2.12. The Morgan fingerprint density at radius 3 is 2.38 bits per heavy atom. The summed E-state index contributed by atoms with van der Waals surface area (Å²) < 4.78 is 48.0. The molecule has 0 bridgehead atoms. The van der Waals surface area contributed by atoms with Crippen LogP contribution in [0.25, 0.3) is 0 Å². The maximum atomic E-state index is 12.7. The Hall–Kier alpha value is -3.34. The number of esters is 1. The van der Waals surface area contributed by atoms with Crippen molar-refractivity contribution in [2.75, 3.05) is 0 Å². The van der Waals surface area contributed by atoms with Gasteiger partial charge < -0.3 is 14.6 Å². The van der Waals surface area contributed by atoms with E-state index in [4.69, 9.17) is 21.4 Å². The van der Waals surface area contributed by atoms with Crippen molar-refractivity contribution < 1.29 is 42.3 Å². The van der Waals surface area contributed by atoms with Gasteiger partial charge in [0.25, 0.3) is 5.69 Å². The van der Waals surface area contributed by atoms with Crippen LogP contribution in [0, 0.1) is 10.1 Å². The molecular formula is C17H11ClF3NO7. The molecule has 1 atom stereocenters. The number of nitrogens with zero attached hydrogens (tertiary/aromatic N) is 1. The van der Waals surface area contributed by atoms with E-state index < -0.39 is 46.0 Å². The van der Waals surface area contributed by atoms with Crippen LogP contribution in [0.3, 0.4) is 0 Å². The Kier molecular flexibility index (Phi) is 6.32. The summed E-state index contributed by atoms with van der Waals surface area (Å²) in [4.78, 5) is 33.1. The number of benzene rings is 2. The van der Waals surface area contributed by atoms with Crippen LogP contribution >= 0.6 is 11.6 Å². The van der Waals surface area contributed by atoms with E-state index in [0.29, 0.717) is 6.07 Å². The minimum Gasteiger partial charge on any atom is -0.479 e. The number of rotatable bonds is 6. The molecule has 12 heteroatoms. The van der Waals surface area contributed by atoms with Gasteiger partial charge in [0.2, 0.25) is 0 Å². The van der Waals surface area contributed by atoms with E-state index in [0.717, 1.165) is 37.3 Å². The van der Waals surface area contributed by atoms with Gasteiger partial charge in [0.15, 0.2) is 6.10 Å². The van der Waals surface area contributed by atoms with Gasteiger partial charge in [-0.1, -0.05) is 11.6 Å². The summed E-state index contributed by atoms with van der Waals surface area (Å²) in [5.74, 6) is -3.14.